The van der Waals surface area contributed by atoms with Gasteiger partial charge >= 0.3 is 0 Å². The third-order valence-electron chi connectivity index (χ3n) is 14.4. The molecule has 3 amide bonds. The van der Waals surface area contributed by atoms with Crippen LogP contribution >= 0.6 is 11.3 Å². The number of benzene rings is 2. The highest BCUT2D eigenvalue weighted by molar-refractivity contribution is 7.13. The molecule has 2 saturated heterocycles. The zero-order valence-electron chi connectivity index (χ0n) is 43.7. The Labute approximate surface area is 436 Å². The molecule has 0 bridgehead atoms. The molecular formula is C55H71FN8O9S. The van der Waals surface area contributed by atoms with Crippen LogP contribution in [0, 0.1) is 12.3 Å². The number of piperazine rings is 1. The van der Waals surface area contributed by atoms with Crippen molar-refractivity contribution in [3.8, 4) is 38.8 Å². The monoisotopic (exact) mass is 1040 g/mol. The van der Waals surface area contributed by atoms with E-state index in [2.05, 4.69) is 30.4 Å². The summed E-state index contributed by atoms with van der Waals surface area (Å²) in [7, 11) is 5.10. The molecule has 1 saturated carbocycles. The molecule has 5 aromatic rings. The second-order valence-electron chi connectivity index (χ2n) is 20.8. The van der Waals surface area contributed by atoms with Gasteiger partial charge in [-0.2, -0.15) is 0 Å². The standard InChI is InChI=1S/C55H71FN8O9S/c1-35-48(74-34-59-35)36-11-12-37(29-58-50(66)44-28-39(65)31-64(44)52(68)49(54(2,3)4)60-53(69)55(56)14-15-55)45(25-36)73-24-23-72-22-10-8-9-17-62-18-20-63(21-19-62)33-43-46(70-6)26-38(27-47(43)71-7)42-32-61(5)51(67)41-30-57-16-13-40(41)42/h11-13,16,25-27,30,32,34,39,44,49,65H,8-10,14-15,17-24,28-29,31,33H2,1-7H3,(H,58,66)(H,60,69). The summed E-state index contributed by atoms with van der Waals surface area (Å²) in [5, 5.41) is 17.6. The van der Waals surface area contributed by atoms with Gasteiger partial charge in [-0.05, 0) is 91.8 Å². The van der Waals surface area contributed by atoms with Crippen molar-refractivity contribution in [3.05, 3.63) is 87.7 Å². The summed E-state index contributed by atoms with van der Waals surface area (Å²) < 4.78 is 40.4. The second-order valence-corrected chi connectivity index (χ2v) is 21.7. The predicted octanol–water partition coefficient (Wildman–Crippen LogP) is 6.04. The third-order valence-corrected chi connectivity index (χ3v) is 15.4. The molecule has 19 heteroatoms. The molecule has 3 fully saturated rings. The molecule has 2 aromatic carbocycles. The molecule has 3 aliphatic rings. The average molecular weight is 1040 g/mol. The van der Waals surface area contributed by atoms with E-state index in [9.17, 15) is 28.7 Å². The van der Waals surface area contributed by atoms with E-state index < -0.39 is 47.0 Å². The van der Waals surface area contributed by atoms with Crippen LogP contribution in [-0.4, -0.2) is 149 Å². The fraction of sp³-hybridized carbons (Fsp3) is 0.527. The van der Waals surface area contributed by atoms with Crippen molar-refractivity contribution in [3.63, 3.8) is 0 Å². The first-order valence-electron chi connectivity index (χ1n) is 25.6. The number of nitrogens with one attached hydrogen (secondary N) is 2. The van der Waals surface area contributed by atoms with E-state index in [0.29, 0.717) is 37.5 Å². The summed E-state index contributed by atoms with van der Waals surface area (Å²) in [6.07, 6.45) is 7.49. The van der Waals surface area contributed by atoms with Gasteiger partial charge in [0.2, 0.25) is 11.8 Å². The van der Waals surface area contributed by atoms with Crippen LogP contribution in [0.15, 0.2) is 65.3 Å². The SMILES string of the molecule is COc1cc(-c2cn(C)c(=O)c3cnccc23)cc(OC)c1CN1CCN(CCCCCOCCOc2cc(-c3scnc3C)ccc2CNC(=O)C2CC(O)CN2C(=O)C(NC(=O)C2(F)CC2)C(C)(C)C)CC1. The number of alkyl halides is 1. The molecule has 398 valence electrons. The number of methoxy groups -OCH3 is 2. The summed E-state index contributed by atoms with van der Waals surface area (Å²) in [5.41, 5.74) is 4.29. The van der Waals surface area contributed by atoms with Gasteiger partial charge in [0.15, 0.2) is 5.67 Å². The fourth-order valence-corrected chi connectivity index (χ4v) is 10.6. The Hall–Kier alpha value is -5.99. The number of hydrogen-bond acceptors (Lipinski definition) is 14. The smallest absolute Gasteiger partial charge is 0.259 e. The maximum Gasteiger partial charge on any atom is 0.259 e. The number of fused-ring (bicyclic) bond motifs is 1. The molecule has 0 radical (unpaired) electrons. The van der Waals surface area contributed by atoms with Crippen molar-refractivity contribution < 1.29 is 42.8 Å². The largest absolute Gasteiger partial charge is 0.496 e. The Balaban J connectivity index is 0.779. The van der Waals surface area contributed by atoms with Gasteiger partial charge in [0.05, 0.1) is 54.0 Å². The topological polar surface area (TPSA) is 190 Å². The maximum atomic E-state index is 14.7. The average Bonchev–Trinajstić information content (AvgIpc) is 3.80. The number of likely N-dealkylation sites (tertiary alicyclic amines) is 1. The Morgan fingerprint density at radius 1 is 0.932 bits per heavy atom. The van der Waals surface area contributed by atoms with Crippen LogP contribution in [0.4, 0.5) is 4.39 Å². The first-order valence-corrected chi connectivity index (χ1v) is 26.5. The van der Waals surface area contributed by atoms with E-state index in [-0.39, 0.29) is 37.9 Å². The summed E-state index contributed by atoms with van der Waals surface area (Å²) in [4.78, 5) is 69.1. The lowest BCUT2D eigenvalue weighted by atomic mass is 9.85. The Morgan fingerprint density at radius 2 is 1.65 bits per heavy atom. The quantitative estimate of drug-likeness (QED) is 0.0681. The first kappa shape index (κ1) is 54.3. The number of ether oxygens (including phenoxy) is 4. The van der Waals surface area contributed by atoms with Gasteiger partial charge in [0.1, 0.15) is 35.9 Å². The molecule has 3 atom stereocenters. The van der Waals surface area contributed by atoms with Crippen molar-refractivity contribution in [2.45, 2.75) is 103 Å². The van der Waals surface area contributed by atoms with Gasteiger partial charge in [0.25, 0.3) is 11.5 Å². The fourth-order valence-electron chi connectivity index (χ4n) is 9.83. The van der Waals surface area contributed by atoms with Crippen molar-refractivity contribution in [2.24, 2.45) is 12.5 Å². The minimum Gasteiger partial charge on any atom is -0.496 e. The lowest BCUT2D eigenvalue weighted by Gasteiger charge is -2.35. The summed E-state index contributed by atoms with van der Waals surface area (Å²) >= 11 is 1.53. The Bertz CT molecular complexity index is 2830. The number of rotatable bonds is 22. The number of pyridine rings is 2. The number of aromatic nitrogens is 3. The van der Waals surface area contributed by atoms with Gasteiger partial charge in [-0.25, -0.2) is 9.37 Å². The number of thiazole rings is 1. The highest BCUT2D eigenvalue weighted by Gasteiger charge is 2.53. The molecule has 3 aromatic heterocycles. The number of halogens is 1. The first-order chi connectivity index (χ1) is 35.5. The Kier molecular flexibility index (Phi) is 17.4. The van der Waals surface area contributed by atoms with E-state index in [0.717, 1.165) is 107 Å². The minimum atomic E-state index is -1.97. The molecule has 3 N–H and O–H groups in total. The lowest BCUT2D eigenvalue weighted by molar-refractivity contribution is -0.145. The number of aryl methyl sites for hydroxylation is 2. The highest BCUT2D eigenvalue weighted by Crippen LogP contribution is 2.41. The number of aliphatic hydroxyl groups excluding tert-OH is 1. The molecule has 0 spiro atoms. The number of unbranched alkanes of at least 4 members (excludes halogenated alkanes) is 2. The maximum absolute atomic E-state index is 14.7. The second kappa shape index (κ2) is 23.7. The van der Waals surface area contributed by atoms with Crippen LogP contribution in [0.1, 0.15) is 76.1 Å². The molecule has 5 heterocycles. The van der Waals surface area contributed by atoms with E-state index in [1.807, 2.05) is 49.5 Å². The number of hydrogen-bond donors (Lipinski definition) is 3. The van der Waals surface area contributed by atoms with Crippen molar-refractivity contribution in [1.82, 2.24) is 39.9 Å². The Morgan fingerprint density at radius 3 is 2.32 bits per heavy atom. The molecule has 3 unspecified atom stereocenters. The van der Waals surface area contributed by atoms with Crippen molar-refractivity contribution in [1.29, 1.82) is 0 Å². The molecule has 17 nitrogen and oxygen atoms in total. The summed E-state index contributed by atoms with van der Waals surface area (Å²) in [5.74, 6) is 0.241. The van der Waals surface area contributed by atoms with Crippen LogP contribution in [-0.2, 0) is 39.3 Å². The number of nitrogens with zero attached hydrogens (tertiary/aromatic N) is 6. The zero-order valence-corrected chi connectivity index (χ0v) is 44.5. The van der Waals surface area contributed by atoms with E-state index in [4.69, 9.17) is 18.9 Å². The van der Waals surface area contributed by atoms with Crippen LogP contribution in [0.25, 0.3) is 32.3 Å². The van der Waals surface area contributed by atoms with Gasteiger partial charge in [-0.3, -0.25) is 29.1 Å². The minimum absolute atomic E-state index is 0.0284. The third kappa shape index (κ3) is 12.7. The normalized spacial score (nSPS) is 18.3. The number of carbonyl (C=O) groups excluding carboxylic acids is 3. The number of β-amino-alcohol motifs (C(OH)–C–C–N with tert-alkyl or cyclic N) is 1. The molecule has 2 aliphatic heterocycles. The van der Waals surface area contributed by atoms with Crippen molar-refractivity contribution in [2.75, 3.05) is 73.3 Å². The lowest BCUT2D eigenvalue weighted by Crippen LogP contribution is -2.59. The predicted molar refractivity (Wildman–Crippen MR) is 282 cm³/mol. The van der Waals surface area contributed by atoms with Crippen LogP contribution in [0.5, 0.6) is 17.2 Å². The molecule has 74 heavy (non-hydrogen) atoms. The number of aliphatic hydroxyl groups is 1. The number of carbonyl (C=O) groups is 3. The van der Waals surface area contributed by atoms with Gasteiger partial charge in [-0.1, -0.05) is 32.9 Å². The molecule has 8 rings (SSSR count). The molecule has 1 aliphatic carbocycles. The zero-order chi connectivity index (χ0) is 52.7. The van der Waals surface area contributed by atoms with Gasteiger partial charge in [-0.15, -0.1) is 11.3 Å². The molecular weight excluding hydrogens is 968 g/mol. The van der Waals surface area contributed by atoms with E-state index in [1.165, 1.54) is 16.2 Å². The summed E-state index contributed by atoms with van der Waals surface area (Å²) in [6.45, 7) is 14.0. The number of amides is 3. The van der Waals surface area contributed by atoms with Crippen LogP contribution in [0.2, 0.25) is 0 Å². The van der Waals surface area contributed by atoms with Crippen LogP contribution < -0.4 is 30.4 Å². The summed E-state index contributed by atoms with van der Waals surface area (Å²) in [6, 6.07) is 9.64. The van der Waals surface area contributed by atoms with E-state index in [1.54, 1.807) is 64.5 Å². The van der Waals surface area contributed by atoms with Gasteiger partial charge < -0.3 is 49.1 Å². The highest BCUT2D eigenvalue weighted by atomic mass is 32.1. The van der Waals surface area contributed by atoms with Gasteiger partial charge in [0, 0.05) is 95.6 Å². The van der Waals surface area contributed by atoms with E-state index >= 15 is 0 Å². The van der Waals surface area contributed by atoms with Crippen LogP contribution in [0.3, 0.4) is 0 Å². The van der Waals surface area contributed by atoms with Crippen molar-refractivity contribution >= 4 is 39.8 Å².